The van der Waals surface area contributed by atoms with E-state index in [0.717, 1.165) is 54.0 Å². The number of fused-ring (bicyclic) bond motifs is 1. The van der Waals surface area contributed by atoms with Crippen LogP contribution in [-0.2, 0) is 12.8 Å². The molecule has 1 N–H and O–H groups in total. The number of rotatable bonds is 6. The van der Waals surface area contributed by atoms with Crippen LogP contribution in [0.25, 0.3) is 11.3 Å². The Morgan fingerprint density at radius 2 is 1.76 bits per heavy atom. The van der Waals surface area contributed by atoms with Crippen LogP contribution in [0.4, 0.5) is 5.00 Å². The first kappa shape index (κ1) is 22.8. The molecule has 0 saturated heterocycles. The summed E-state index contributed by atoms with van der Waals surface area (Å²) in [6, 6.07) is 11.4. The molecule has 5 nitrogen and oxygen atoms in total. The van der Waals surface area contributed by atoms with E-state index >= 15 is 0 Å². The van der Waals surface area contributed by atoms with E-state index in [1.165, 1.54) is 36.1 Å². The van der Waals surface area contributed by atoms with Gasteiger partial charge in [-0.15, -0.1) is 11.3 Å². The molecule has 3 aromatic rings. The molecule has 0 radical (unpaired) electrons. The molecule has 176 valence electrons. The molecule has 0 spiro atoms. The zero-order valence-electron chi connectivity index (χ0n) is 19.6. The molecule has 2 aliphatic carbocycles. The van der Waals surface area contributed by atoms with Crippen molar-refractivity contribution >= 4 is 34.2 Å². The predicted octanol–water partition coefficient (Wildman–Crippen LogP) is 6.90. The maximum Gasteiger partial charge on any atom is 0.254 e. The average Bonchev–Trinajstić information content (AvgIpc) is 3.48. The van der Waals surface area contributed by atoms with Crippen LogP contribution in [0, 0.1) is 0 Å². The number of aliphatic imine (C=N–C) groups is 1. The Balaban J connectivity index is 1.37. The van der Waals surface area contributed by atoms with Gasteiger partial charge in [0.05, 0.1) is 11.8 Å². The SMILES string of the molecule is CC(=O)c1ccc(-c2ccc(/C=N/c3sc4c(c3C(=O)NC3CCCCC3)CCCC4)o2)cc1. The highest BCUT2D eigenvalue weighted by Gasteiger charge is 2.27. The molecule has 2 aromatic heterocycles. The summed E-state index contributed by atoms with van der Waals surface area (Å²) >= 11 is 1.65. The van der Waals surface area contributed by atoms with Crippen molar-refractivity contribution in [3.63, 3.8) is 0 Å². The fourth-order valence-corrected chi connectivity index (χ4v) is 6.18. The molecule has 0 unspecified atom stereocenters. The largest absolute Gasteiger partial charge is 0.455 e. The van der Waals surface area contributed by atoms with Crippen molar-refractivity contribution in [1.82, 2.24) is 5.32 Å². The van der Waals surface area contributed by atoms with Crippen molar-refractivity contribution in [3.8, 4) is 11.3 Å². The van der Waals surface area contributed by atoms with Gasteiger partial charge in [-0.05, 0) is 63.1 Å². The Bertz CT molecular complexity index is 1210. The Morgan fingerprint density at radius 3 is 2.53 bits per heavy atom. The lowest BCUT2D eigenvalue weighted by Gasteiger charge is -2.23. The number of nitrogens with one attached hydrogen (secondary N) is 1. The first-order valence-corrected chi connectivity index (χ1v) is 13.1. The number of carbonyl (C=O) groups excluding carboxylic acids is 2. The Labute approximate surface area is 204 Å². The number of benzene rings is 1. The highest BCUT2D eigenvalue weighted by molar-refractivity contribution is 7.16. The van der Waals surface area contributed by atoms with E-state index in [4.69, 9.17) is 9.41 Å². The second-order valence-corrected chi connectivity index (χ2v) is 10.4. The van der Waals surface area contributed by atoms with Crippen LogP contribution in [0.15, 0.2) is 45.8 Å². The first-order chi connectivity index (χ1) is 16.6. The number of thiophene rings is 1. The van der Waals surface area contributed by atoms with Crippen molar-refractivity contribution in [2.45, 2.75) is 70.8 Å². The Kier molecular flexibility index (Phi) is 6.77. The van der Waals surface area contributed by atoms with Gasteiger partial charge in [-0.3, -0.25) is 9.59 Å². The lowest BCUT2D eigenvalue weighted by Crippen LogP contribution is -2.36. The van der Waals surface area contributed by atoms with Crippen molar-refractivity contribution < 1.29 is 14.0 Å². The van der Waals surface area contributed by atoms with E-state index in [-0.39, 0.29) is 17.7 Å². The Morgan fingerprint density at radius 1 is 1.00 bits per heavy atom. The minimum Gasteiger partial charge on any atom is -0.455 e. The smallest absolute Gasteiger partial charge is 0.254 e. The van der Waals surface area contributed by atoms with E-state index in [1.54, 1.807) is 36.6 Å². The minimum absolute atomic E-state index is 0.0316. The summed E-state index contributed by atoms with van der Waals surface area (Å²) in [4.78, 5) is 30.9. The maximum atomic E-state index is 13.3. The number of amides is 1. The maximum absolute atomic E-state index is 13.3. The molecule has 0 bridgehead atoms. The van der Waals surface area contributed by atoms with Crippen LogP contribution in [0.5, 0.6) is 0 Å². The molecule has 1 aromatic carbocycles. The van der Waals surface area contributed by atoms with Crippen LogP contribution in [0.3, 0.4) is 0 Å². The zero-order chi connectivity index (χ0) is 23.5. The molecule has 2 heterocycles. The zero-order valence-corrected chi connectivity index (χ0v) is 20.4. The van der Waals surface area contributed by atoms with Crippen molar-refractivity contribution in [2.75, 3.05) is 0 Å². The number of furan rings is 1. The third kappa shape index (κ3) is 4.92. The predicted molar refractivity (Wildman–Crippen MR) is 137 cm³/mol. The number of Topliss-reactive ketones (excluding diaryl/α,β-unsaturated/α-hetero) is 1. The van der Waals surface area contributed by atoms with Gasteiger partial charge in [-0.1, -0.05) is 43.5 Å². The highest BCUT2D eigenvalue weighted by atomic mass is 32.1. The number of nitrogens with zero attached hydrogens (tertiary/aromatic N) is 1. The van der Waals surface area contributed by atoms with E-state index in [2.05, 4.69) is 5.32 Å². The van der Waals surface area contributed by atoms with Crippen LogP contribution >= 0.6 is 11.3 Å². The molecule has 0 atom stereocenters. The number of ketones is 1. The van der Waals surface area contributed by atoms with Gasteiger partial charge in [0.2, 0.25) is 0 Å². The lowest BCUT2D eigenvalue weighted by atomic mass is 9.93. The minimum atomic E-state index is 0.0316. The third-order valence-electron chi connectivity index (χ3n) is 6.83. The van der Waals surface area contributed by atoms with Gasteiger partial charge in [0.25, 0.3) is 5.91 Å². The molecule has 1 saturated carbocycles. The third-order valence-corrected chi connectivity index (χ3v) is 8.03. The standard InChI is InChI=1S/C28H30N2O3S/c1-18(31)19-11-13-20(14-12-19)24-16-15-22(33-24)17-29-28-26(23-9-5-6-10-25(23)34-28)27(32)30-21-7-3-2-4-8-21/h11-17,21H,2-10H2,1H3,(H,30,32)/b29-17+. The number of carbonyl (C=O) groups is 2. The van der Waals surface area contributed by atoms with Crippen molar-refractivity contribution in [3.05, 3.63) is 63.7 Å². The molecule has 34 heavy (non-hydrogen) atoms. The van der Waals surface area contributed by atoms with E-state index in [9.17, 15) is 9.59 Å². The normalized spacial score (nSPS) is 16.5. The molecule has 2 aliphatic rings. The first-order valence-electron chi connectivity index (χ1n) is 12.3. The van der Waals surface area contributed by atoms with Gasteiger partial charge in [0.1, 0.15) is 16.5 Å². The van der Waals surface area contributed by atoms with Crippen molar-refractivity contribution in [2.24, 2.45) is 4.99 Å². The summed E-state index contributed by atoms with van der Waals surface area (Å²) in [5.41, 5.74) is 3.55. The number of aryl methyl sites for hydroxylation is 1. The average molecular weight is 475 g/mol. The van der Waals surface area contributed by atoms with Crippen LogP contribution < -0.4 is 5.32 Å². The summed E-state index contributed by atoms with van der Waals surface area (Å²) in [5, 5.41) is 4.08. The van der Waals surface area contributed by atoms with Crippen LogP contribution in [-0.4, -0.2) is 23.9 Å². The fourth-order valence-electron chi connectivity index (χ4n) is 4.95. The summed E-state index contributed by atoms with van der Waals surface area (Å²) in [7, 11) is 0. The highest BCUT2D eigenvalue weighted by Crippen LogP contribution is 2.40. The quantitative estimate of drug-likeness (QED) is 0.312. The monoisotopic (exact) mass is 474 g/mol. The van der Waals surface area contributed by atoms with Crippen LogP contribution in [0.1, 0.15) is 88.8 Å². The molecule has 6 heteroatoms. The number of hydrogen-bond donors (Lipinski definition) is 1. The molecule has 1 amide bonds. The van der Waals surface area contributed by atoms with Gasteiger partial charge in [-0.25, -0.2) is 4.99 Å². The summed E-state index contributed by atoms with van der Waals surface area (Å²) in [5.74, 6) is 1.43. The molecular weight excluding hydrogens is 444 g/mol. The molecule has 1 fully saturated rings. The number of hydrogen-bond acceptors (Lipinski definition) is 5. The van der Waals surface area contributed by atoms with E-state index in [1.807, 2.05) is 24.3 Å². The van der Waals surface area contributed by atoms with Crippen LogP contribution in [0.2, 0.25) is 0 Å². The van der Waals surface area contributed by atoms with E-state index < -0.39 is 0 Å². The van der Waals surface area contributed by atoms with Gasteiger partial charge in [0, 0.05) is 22.0 Å². The van der Waals surface area contributed by atoms with Gasteiger partial charge >= 0.3 is 0 Å². The second kappa shape index (κ2) is 10.1. The summed E-state index contributed by atoms with van der Waals surface area (Å²) in [6.45, 7) is 1.56. The molecular formula is C28H30N2O3S. The van der Waals surface area contributed by atoms with Gasteiger partial charge < -0.3 is 9.73 Å². The summed E-state index contributed by atoms with van der Waals surface area (Å²) in [6.07, 6.45) is 11.8. The second-order valence-electron chi connectivity index (χ2n) is 9.29. The van der Waals surface area contributed by atoms with Crippen molar-refractivity contribution in [1.29, 1.82) is 0 Å². The summed E-state index contributed by atoms with van der Waals surface area (Å²) < 4.78 is 5.99. The van der Waals surface area contributed by atoms with E-state index in [0.29, 0.717) is 11.3 Å². The molecule has 5 rings (SSSR count). The molecule has 0 aliphatic heterocycles. The van der Waals surface area contributed by atoms with Gasteiger partial charge in [-0.2, -0.15) is 0 Å². The van der Waals surface area contributed by atoms with Gasteiger partial charge in [0.15, 0.2) is 5.78 Å². The fraction of sp³-hybridized carbons (Fsp3) is 0.393. The lowest BCUT2D eigenvalue weighted by molar-refractivity contribution is 0.0927. The Hall–Kier alpha value is -2.99. The topological polar surface area (TPSA) is 71.7 Å².